The van der Waals surface area contributed by atoms with Crippen molar-refractivity contribution < 1.29 is 19.4 Å². The Kier molecular flexibility index (Phi) is 2.44. The summed E-state index contributed by atoms with van der Waals surface area (Å²) in [5.41, 5.74) is 0.836. The van der Waals surface area contributed by atoms with Gasteiger partial charge in [0.05, 0.1) is 7.11 Å². The molecule has 1 aromatic carbocycles. The Morgan fingerprint density at radius 2 is 2.12 bits per heavy atom. The number of esters is 1. The molecule has 1 unspecified atom stereocenters. The van der Waals surface area contributed by atoms with Crippen LogP contribution in [0.25, 0.3) is 6.08 Å². The van der Waals surface area contributed by atoms with Crippen LogP contribution in [-0.2, 0) is 9.53 Å². The molecular formula is C12H12O4. The molecule has 0 bridgehead atoms. The summed E-state index contributed by atoms with van der Waals surface area (Å²) < 4.78 is 9.93. The number of benzene rings is 1. The zero-order valence-electron chi connectivity index (χ0n) is 9.06. The average Bonchev–Trinajstić information content (AvgIpc) is 2.26. The lowest BCUT2D eigenvalue weighted by atomic mass is 10.00. The Morgan fingerprint density at radius 1 is 1.44 bits per heavy atom. The predicted molar refractivity (Wildman–Crippen MR) is 57.7 cm³/mol. The molecule has 1 aromatic rings. The van der Waals surface area contributed by atoms with E-state index in [1.54, 1.807) is 24.3 Å². The minimum Gasteiger partial charge on any atom is -0.465 e. The first kappa shape index (κ1) is 10.7. The van der Waals surface area contributed by atoms with Crippen LogP contribution in [0.4, 0.5) is 0 Å². The van der Waals surface area contributed by atoms with Crippen molar-refractivity contribution in [3.8, 4) is 5.75 Å². The van der Waals surface area contributed by atoms with Crippen molar-refractivity contribution in [3.63, 3.8) is 0 Å². The zero-order chi connectivity index (χ0) is 11.8. The molecule has 1 aliphatic rings. The van der Waals surface area contributed by atoms with E-state index in [0.717, 1.165) is 5.56 Å². The lowest BCUT2D eigenvalue weighted by Gasteiger charge is -2.30. The molecule has 1 heterocycles. The molecule has 2 rings (SSSR count). The second-order valence-electron chi connectivity index (χ2n) is 3.67. The van der Waals surface area contributed by atoms with Gasteiger partial charge in [0.15, 0.2) is 0 Å². The minimum absolute atomic E-state index is 0.0914. The van der Waals surface area contributed by atoms with Gasteiger partial charge in [-0.3, -0.25) is 0 Å². The van der Waals surface area contributed by atoms with Gasteiger partial charge in [-0.05, 0) is 12.1 Å². The van der Waals surface area contributed by atoms with E-state index >= 15 is 0 Å². The fourth-order valence-electron chi connectivity index (χ4n) is 1.61. The Hall–Kier alpha value is -1.81. The standard InChI is InChI=1S/C12H12O4/c1-12(14)9(11(13)15-2)7-8-5-3-4-6-10(8)16-12/h3-7,14H,1-2H3. The van der Waals surface area contributed by atoms with Gasteiger partial charge in [-0.2, -0.15) is 0 Å². The number of carbonyl (C=O) groups excluding carboxylic acids is 1. The molecule has 0 saturated carbocycles. The molecule has 1 N–H and O–H groups in total. The molecular weight excluding hydrogens is 208 g/mol. The fourth-order valence-corrected chi connectivity index (χ4v) is 1.61. The maximum absolute atomic E-state index is 11.5. The Morgan fingerprint density at radius 3 is 2.81 bits per heavy atom. The van der Waals surface area contributed by atoms with Crippen LogP contribution >= 0.6 is 0 Å². The Labute approximate surface area is 93.1 Å². The van der Waals surface area contributed by atoms with Crippen LogP contribution in [0.3, 0.4) is 0 Å². The molecule has 4 nitrogen and oxygen atoms in total. The third kappa shape index (κ3) is 1.67. The number of carbonyl (C=O) groups is 1. The lowest BCUT2D eigenvalue weighted by Crippen LogP contribution is -2.40. The normalized spacial score (nSPS) is 22.8. The number of aliphatic hydroxyl groups is 1. The smallest absolute Gasteiger partial charge is 0.340 e. The van der Waals surface area contributed by atoms with Crippen molar-refractivity contribution in [2.75, 3.05) is 7.11 Å². The summed E-state index contributed by atoms with van der Waals surface area (Å²) in [6.07, 6.45) is 1.57. The third-order valence-electron chi connectivity index (χ3n) is 2.43. The van der Waals surface area contributed by atoms with Crippen molar-refractivity contribution in [2.45, 2.75) is 12.7 Å². The van der Waals surface area contributed by atoms with Crippen LogP contribution in [0.2, 0.25) is 0 Å². The first-order valence-corrected chi connectivity index (χ1v) is 4.85. The number of hydrogen-bond donors (Lipinski definition) is 1. The summed E-state index contributed by atoms with van der Waals surface area (Å²) in [5.74, 6) is -1.71. The molecule has 0 saturated heterocycles. The van der Waals surface area contributed by atoms with E-state index < -0.39 is 11.8 Å². The van der Waals surface area contributed by atoms with E-state index in [4.69, 9.17) is 4.74 Å². The number of para-hydroxylation sites is 1. The molecule has 0 radical (unpaired) electrons. The van der Waals surface area contributed by atoms with E-state index in [1.165, 1.54) is 14.0 Å². The van der Waals surface area contributed by atoms with Crippen LogP contribution in [-0.4, -0.2) is 24.0 Å². The van der Waals surface area contributed by atoms with Crippen molar-refractivity contribution >= 4 is 12.0 Å². The minimum atomic E-state index is -1.65. The highest BCUT2D eigenvalue weighted by molar-refractivity contribution is 5.96. The van der Waals surface area contributed by atoms with Crippen molar-refractivity contribution in [3.05, 3.63) is 35.4 Å². The molecule has 0 amide bonds. The third-order valence-corrected chi connectivity index (χ3v) is 2.43. The molecule has 1 atom stereocenters. The van der Waals surface area contributed by atoms with Gasteiger partial charge in [-0.1, -0.05) is 18.2 Å². The van der Waals surface area contributed by atoms with Crippen LogP contribution in [0.5, 0.6) is 5.75 Å². The number of methoxy groups -OCH3 is 1. The van der Waals surface area contributed by atoms with Gasteiger partial charge in [0.25, 0.3) is 0 Å². The molecule has 4 heteroatoms. The van der Waals surface area contributed by atoms with Crippen molar-refractivity contribution in [2.24, 2.45) is 0 Å². The molecule has 0 spiro atoms. The first-order chi connectivity index (χ1) is 7.54. The van der Waals surface area contributed by atoms with Crippen molar-refractivity contribution in [1.29, 1.82) is 0 Å². The monoisotopic (exact) mass is 220 g/mol. The maximum atomic E-state index is 11.5. The summed E-state index contributed by atoms with van der Waals surface area (Å²) in [6.45, 7) is 1.41. The van der Waals surface area contributed by atoms with E-state index in [-0.39, 0.29) is 5.57 Å². The van der Waals surface area contributed by atoms with Gasteiger partial charge in [0.1, 0.15) is 11.3 Å². The molecule has 1 aliphatic heterocycles. The van der Waals surface area contributed by atoms with E-state index in [1.807, 2.05) is 6.07 Å². The summed E-state index contributed by atoms with van der Waals surface area (Å²) in [5, 5.41) is 9.99. The number of fused-ring (bicyclic) bond motifs is 1. The summed E-state index contributed by atoms with van der Waals surface area (Å²) in [4.78, 5) is 11.5. The van der Waals surface area contributed by atoms with Gasteiger partial charge in [0, 0.05) is 12.5 Å². The number of rotatable bonds is 1. The van der Waals surface area contributed by atoms with E-state index in [2.05, 4.69) is 4.74 Å². The topological polar surface area (TPSA) is 55.8 Å². The second kappa shape index (κ2) is 3.64. The highest BCUT2D eigenvalue weighted by Gasteiger charge is 2.37. The van der Waals surface area contributed by atoms with Crippen LogP contribution in [0.1, 0.15) is 12.5 Å². The molecule has 0 fully saturated rings. The molecule has 0 aromatic heterocycles. The maximum Gasteiger partial charge on any atom is 0.340 e. The summed E-state index contributed by atoms with van der Waals surface area (Å²) in [6, 6.07) is 7.15. The molecule has 0 aliphatic carbocycles. The van der Waals surface area contributed by atoms with Gasteiger partial charge in [-0.25, -0.2) is 4.79 Å². The lowest BCUT2D eigenvalue weighted by molar-refractivity contribution is -0.146. The van der Waals surface area contributed by atoms with Crippen LogP contribution in [0, 0.1) is 0 Å². The van der Waals surface area contributed by atoms with Gasteiger partial charge < -0.3 is 14.6 Å². The zero-order valence-corrected chi connectivity index (χ0v) is 9.06. The molecule has 16 heavy (non-hydrogen) atoms. The largest absolute Gasteiger partial charge is 0.465 e. The SMILES string of the molecule is COC(=O)C1=Cc2ccccc2OC1(C)O. The highest BCUT2D eigenvalue weighted by atomic mass is 16.6. The van der Waals surface area contributed by atoms with Gasteiger partial charge in [-0.15, -0.1) is 0 Å². The first-order valence-electron chi connectivity index (χ1n) is 4.85. The highest BCUT2D eigenvalue weighted by Crippen LogP contribution is 2.34. The quantitative estimate of drug-likeness (QED) is 0.726. The van der Waals surface area contributed by atoms with E-state index in [9.17, 15) is 9.90 Å². The average molecular weight is 220 g/mol. The Bertz CT molecular complexity index is 460. The van der Waals surface area contributed by atoms with Crippen LogP contribution < -0.4 is 4.74 Å². The summed E-state index contributed by atoms with van der Waals surface area (Å²) >= 11 is 0. The summed E-state index contributed by atoms with van der Waals surface area (Å²) in [7, 11) is 1.26. The fraction of sp³-hybridized carbons (Fsp3) is 0.250. The van der Waals surface area contributed by atoms with E-state index in [0.29, 0.717) is 5.75 Å². The second-order valence-corrected chi connectivity index (χ2v) is 3.67. The number of hydrogen-bond acceptors (Lipinski definition) is 4. The van der Waals surface area contributed by atoms with Crippen LogP contribution in [0.15, 0.2) is 29.8 Å². The Balaban J connectivity index is 2.51. The van der Waals surface area contributed by atoms with Gasteiger partial charge >= 0.3 is 5.97 Å². The van der Waals surface area contributed by atoms with Gasteiger partial charge in [0.2, 0.25) is 5.79 Å². The predicted octanol–water partition coefficient (Wildman–Crippen LogP) is 1.34. The van der Waals surface area contributed by atoms with Crippen molar-refractivity contribution in [1.82, 2.24) is 0 Å². The number of ether oxygens (including phenoxy) is 2. The molecule has 84 valence electrons.